The van der Waals surface area contributed by atoms with E-state index in [4.69, 9.17) is 4.42 Å². The Bertz CT molecular complexity index is 1140. The Balaban J connectivity index is 1.72. The van der Waals surface area contributed by atoms with Crippen molar-refractivity contribution in [1.82, 2.24) is 13.9 Å². The molecule has 9 nitrogen and oxygen atoms in total. The number of sulfonamides is 2. The summed E-state index contributed by atoms with van der Waals surface area (Å²) in [6.45, 7) is 2.56. The molecule has 170 valence electrons. The lowest BCUT2D eigenvalue weighted by atomic mass is 10.0. The Morgan fingerprint density at radius 2 is 1.87 bits per heavy atom. The standard InChI is InChI=1S/C20H27N3O6S2/c1-15-6-7-18(31(27,28)21-14-17-5-4-12-29-17)13-19(15)20(24)23-10-8-16(9-11-23)22(2)30(3,25)26/h4-7,12-13,16,21H,8-11,14H2,1-3H3. The molecule has 1 aromatic carbocycles. The molecule has 1 aliphatic heterocycles. The van der Waals surface area contributed by atoms with Crippen LogP contribution < -0.4 is 4.72 Å². The van der Waals surface area contributed by atoms with Crippen molar-refractivity contribution in [3.05, 3.63) is 53.5 Å². The molecular formula is C20H27N3O6S2. The maximum atomic E-state index is 13.1. The van der Waals surface area contributed by atoms with Crippen LogP contribution in [0.2, 0.25) is 0 Å². The summed E-state index contributed by atoms with van der Waals surface area (Å²) in [5.41, 5.74) is 0.987. The molecule has 0 radical (unpaired) electrons. The fourth-order valence-electron chi connectivity index (χ4n) is 3.54. The highest BCUT2D eigenvalue weighted by Crippen LogP contribution is 2.22. The zero-order valence-electron chi connectivity index (χ0n) is 17.7. The lowest BCUT2D eigenvalue weighted by Crippen LogP contribution is -2.47. The van der Waals surface area contributed by atoms with Crippen LogP contribution in [0.1, 0.15) is 34.5 Å². The van der Waals surface area contributed by atoms with Gasteiger partial charge < -0.3 is 9.32 Å². The Labute approximate surface area is 183 Å². The Morgan fingerprint density at radius 3 is 2.45 bits per heavy atom. The molecule has 1 N–H and O–H groups in total. The third-order valence-electron chi connectivity index (χ3n) is 5.56. The molecular weight excluding hydrogens is 442 g/mol. The predicted octanol–water partition coefficient (Wildman–Crippen LogP) is 1.56. The van der Waals surface area contributed by atoms with Gasteiger partial charge >= 0.3 is 0 Å². The van der Waals surface area contributed by atoms with Gasteiger partial charge in [0.25, 0.3) is 5.91 Å². The number of benzene rings is 1. The van der Waals surface area contributed by atoms with Gasteiger partial charge in [0.05, 0.1) is 24.0 Å². The number of furan rings is 1. The zero-order chi connectivity index (χ0) is 22.8. The smallest absolute Gasteiger partial charge is 0.254 e. The number of likely N-dealkylation sites (tertiary alicyclic amines) is 1. The van der Waals surface area contributed by atoms with Crippen LogP contribution in [-0.2, 0) is 26.6 Å². The van der Waals surface area contributed by atoms with E-state index in [1.807, 2.05) is 0 Å². The first-order chi connectivity index (χ1) is 14.5. The number of carbonyl (C=O) groups excluding carboxylic acids is 1. The minimum atomic E-state index is -3.83. The van der Waals surface area contributed by atoms with Gasteiger partial charge in [-0.2, -0.15) is 0 Å². The first-order valence-corrected chi connectivity index (χ1v) is 13.2. The van der Waals surface area contributed by atoms with Crippen LogP contribution in [0, 0.1) is 6.92 Å². The largest absolute Gasteiger partial charge is 0.468 e. The van der Waals surface area contributed by atoms with Crippen LogP contribution in [0.15, 0.2) is 45.9 Å². The third kappa shape index (κ3) is 5.53. The summed E-state index contributed by atoms with van der Waals surface area (Å²) in [6.07, 6.45) is 3.68. The number of piperidine rings is 1. The van der Waals surface area contributed by atoms with Crippen LogP contribution in [0.5, 0.6) is 0 Å². The normalized spacial score (nSPS) is 16.1. The van der Waals surface area contributed by atoms with E-state index in [9.17, 15) is 21.6 Å². The van der Waals surface area contributed by atoms with Crippen LogP contribution in [0.4, 0.5) is 0 Å². The van der Waals surface area contributed by atoms with Gasteiger partial charge in [0.1, 0.15) is 5.76 Å². The number of aryl methyl sites for hydroxylation is 1. The van der Waals surface area contributed by atoms with Gasteiger partial charge in [-0.1, -0.05) is 6.07 Å². The van der Waals surface area contributed by atoms with Crippen LogP contribution in [-0.4, -0.2) is 64.4 Å². The first kappa shape index (κ1) is 23.5. The molecule has 0 bridgehead atoms. The number of carbonyl (C=O) groups is 1. The number of hydrogen-bond donors (Lipinski definition) is 1. The molecule has 11 heteroatoms. The second-order valence-corrected chi connectivity index (χ2v) is 11.5. The van der Waals surface area contributed by atoms with E-state index in [2.05, 4.69) is 4.72 Å². The average molecular weight is 470 g/mol. The first-order valence-electron chi connectivity index (χ1n) is 9.84. The van der Waals surface area contributed by atoms with Crippen molar-refractivity contribution in [2.24, 2.45) is 0 Å². The molecule has 1 aliphatic rings. The molecule has 1 fully saturated rings. The molecule has 1 saturated heterocycles. The molecule has 0 atom stereocenters. The van der Waals surface area contributed by atoms with Gasteiger partial charge in [-0.05, 0) is 49.6 Å². The van der Waals surface area contributed by atoms with E-state index in [0.29, 0.717) is 42.8 Å². The number of nitrogens with one attached hydrogen (secondary N) is 1. The van der Waals surface area contributed by atoms with Crippen molar-refractivity contribution in [2.75, 3.05) is 26.4 Å². The van der Waals surface area contributed by atoms with E-state index in [-0.39, 0.29) is 23.4 Å². The Morgan fingerprint density at radius 1 is 1.19 bits per heavy atom. The second-order valence-electron chi connectivity index (χ2n) is 7.68. The molecule has 0 aliphatic carbocycles. The van der Waals surface area contributed by atoms with E-state index in [1.165, 1.54) is 29.0 Å². The van der Waals surface area contributed by atoms with Gasteiger partial charge in [-0.15, -0.1) is 0 Å². The van der Waals surface area contributed by atoms with Crippen molar-refractivity contribution in [2.45, 2.75) is 37.2 Å². The SMILES string of the molecule is Cc1ccc(S(=O)(=O)NCc2ccco2)cc1C(=O)N1CCC(N(C)S(C)(=O)=O)CC1. The van der Waals surface area contributed by atoms with Crippen molar-refractivity contribution in [3.63, 3.8) is 0 Å². The lowest BCUT2D eigenvalue weighted by Gasteiger charge is -2.35. The van der Waals surface area contributed by atoms with Crippen molar-refractivity contribution in [3.8, 4) is 0 Å². The minimum absolute atomic E-state index is 0.000276. The highest BCUT2D eigenvalue weighted by Gasteiger charge is 2.30. The van der Waals surface area contributed by atoms with Crippen LogP contribution >= 0.6 is 0 Å². The highest BCUT2D eigenvalue weighted by atomic mass is 32.2. The number of nitrogens with zero attached hydrogens (tertiary/aromatic N) is 2. The molecule has 0 saturated carbocycles. The van der Waals surface area contributed by atoms with Crippen molar-refractivity contribution >= 4 is 26.0 Å². The lowest BCUT2D eigenvalue weighted by molar-refractivity contribution is 0.0685. The fraction of sp³-hybridized carbons (Fsp3) is 0.450. The maximum Gasteiger partial charge on any atom is 0.254 e. The fourth-order valence-corrected chi connectivity index (χ4v) is 5.31. The van der Waals surface area contributed by atoms with Crippen molar-refractivity contribution in [1.29, 1.82) is 0 Å². The molecule has 2 aromatic rings. The Kier molecular flexibility index (Phi) is 6.89. The summed E-state index contributed by atoms with van der Waals surface area (Å²) in [6, 6.07) is 7.64. The minimum Gasteiger partial charge on any atom is -0.468 e. The quantitative estimate of drug-likeness (QED) is 0.658. The van der Waals surface area contributed by atoms with E-state index < -0.39 is 20.0 Å². The summed E-state index contributed by atoms with van der Waals surface area (Å²) >= 11 is 0. The molecule has 31 heavy (non-hydrogen) atoms. The monoisotopic (exact) mass is 469 g/mol. The molecule has 1 aromatic heterocycles. The topological polar surface area (TPSA) is 117 Å². The Hall–Kier alpha value is -2.21. The van der Waals surface area contributed by atoms with Gasteiger partial charge in [0, 0.05) is 31.7 Å². The van der Waals surface area contributed by atoms with Gasteiger partial charge in [-0.25, -0.2) is 25.9 Å². The zero-order valence-corrected chi connectivity index (χ0v) is 19.4. The average Bonchev–Trinajstić information content (AvgIpc) is 3.25. The number of rotatable bonds is 7. The molecule has 3 rings (SSSR count). The molecule has 1 amide bonds. The highest BCUT2D eigenvalue weighted by molar-refractivity contribution is 7.89. The summed E-state index contributed by atoms with van der Waals surface area (Å²) < 4.78 is 57.8. The summed E-state index contributed by atoms with van der Waals surface area (Å²) in [5, 5.41) is 0. The van der Waals surface area contributed by atoms with E-state index >= 15 is 0 Å². The van der Waals surface area contributed by atoms with Gasteiger partial charge in [0.2, 0.25) is 20.0 Å². The number of amides is 1. The van der Waals surface area contributed by atoms with Crippen LogP contribution in [0.3, 0.4) is 0 Å². The predicted molar refractivity (Wildman–Crippen MR) is 115 cm³/mol. The number of hydrogen-bond acceptors (Lipinski definition) is 6. The summed E-state index contributed by atoms with van der Waals surface area (Å²) in [5.74, 6) is 0.218. The summed E-state index contributed by atoms with van der Waals surface area (Å²) in [4.78, 5) is 14.7. The van der Waals surface area contributed by atoms with Gasteiger partial charge in [-0.3, -0.25) is 4.79 Å². The second kappa shape index (κ2) is 9.11. The van der Waals surface area contributed by atoms with E-state index in [1.54, 1.807) is 37.1 Å². The third-order valence-corrected chi connectivity index (χ3v) is 8.30. The van der Waals surface area contributed by atoms with Crippen molar-refractivity contribution < 1.29 is 26.0 Å². The van der Waals surface area contributed by atoms with E-state index in [0.717, 1.165) is 0 Å². The van der Waals surface area contributed by atoms with Crippen LogP contribution in [0.25, 0.3) is 0 Å². The van der Waals surface area contributed by atoms with Gasteiger partial charge in [0.15, 0.2) is 0 Å². The summed E-state index contributed by atoms with van der Waals surface area (Å²) in [7, 11) is -5.58. The maximum absolute atomic E-state index is 13.1. The molecule has 0 unspecified atom stereocenters. The molecule has 2 heterocycles. The molecule has 0 spiro atoms.